The smallest absolute Gasteiger partial charge is 0.254 e. The average Bonchev–Trinajstić information content (AvgIpc) is 2.89. The number of carbonyl (C=O) groups excluding carboxylic acids is 1. The third kappa shape index (κ3) is 2.53. The van der Waals surface area contributed by atoms with Gasteiger partial charge in [0.15, 0.2) is 5.79 Å². The molecule has 0 aromatic heterocycles. The zero-order chi connectivity index (χ0) is 14.2. The van der Waals surface area contributed by atoms with Crippen molar-refractivity contribution in [3.05, 3.63) is 34.6 Å². The largest absolute Gasteiger partial charge is 0.346 e. The van der Waals surface area contributed by atoms with Crippen LogP contribution in [0.2, 0.25) is 5.02 Å². The number of hydrogen-bond donors (Lipinski definition) is 0. The number of carbonyl (C=O) groups is 1. The maximum absolute atomic E-state index is 13.1. The van der Waals surface area contributed by atoms with Gasteiger partial charge in [-0.2, -0.15) is 0 Å². The van der Waals surface area contributed by atoms with Gasteiger partial charge in [0.25, 0.3) is 5.91 Å². The van der Waals surface area contributed by atoms with E-state index in [2.05, 4.69) is 0 Å². The summed E-state index contributed by atoms with van der Waals surface area (Å²) < 4.78 is 24.4. The third-order valence-electron chi connectivity index (χ3n) is 3.68. The minimum atomic E-state index is -0.655. The number of likely N-dealkylation sites (tertiary alicyclic amines) is 1. The summed E-state index contributed by atoms with van der Waals surface area (Å²) in [6, 6.07) is 4.01. The van der Waals surface area contributed by atoms with Crippen LogP contribution in [-0.4, -0.2) is 42.9 Å². The predicted molar refractivity (Wildman–Crippen MR) is 71.2 cm³/mol. The van der Waals surface area contributed by atoms with E-state index < -0.39 is 11.6 Å². The molecule has 1 aromatic rings. The van der Waals surface area contributed by atoms with Crippen molar-refractivity contribution in [1.29, 1.82) is 0 Å². The van der Waals surface area contributed by atoms with E-state index in [0.29, 0.717) is 31.9 Å². The Bertz CT molecular complexity index is 531. The monoisotopic (exact) mass is 299 g/mol. The van der Waals surface area contributed by atoms with Crippen LogP contribution in [0, 0.1) is 5.82 Å². The summed E-state index contributed by atoms with van der Waals surface area (Å²) in [7, 11) is 0. The van der Waals surface area contributed by atoms with Gasteiger partial charge in [0.1, 0.15) is 5.82 Å². The Morgan fingerprint density at radius 2 is 2.10 bits per heavy atom. The van der Waals surface area contributed by atoms with E-state index in [1.807, 2.05) is 0 Å². The van der Waals surface area contributed by atoms with E-state index in [-0.39, 0.29) is 10.9 Å². The third-order valence-corrected chi connectivity index (χ3v) is 3.97. The molecule has 2 fully saturated rings. The highest BCUT2D eigenvalue weighted by Crippen LogP contribution is 2.31. The molecule has 3 rings (SSSR count). The molecule has 6 heteroatoms. The normalized spacial score (nSPS) is 21.4. The number of benzene rings is 1. The van der Waals surface area contributed by atoms with E-state index in [4.69, 9.17) is 21.1 Å². The standard InChI is InChI=1S/C14H15ClFNO3/c15-11-8-10(2-3-12(11)16)13(18)17-5-1-4-14(9-17)19-6-7-20-14/h2-3,8H,1,4-7,9H2. The van der Waals surface area contributed by atoms with Crippen LogP contribution in [0.15, 0.2) is 18.2 Å². The second kappa shape index (κ2) is 5.31. The van der Waals surface area contributed by atoms with Gasteiger partial charge in [-0.05, 0) is 24.6 Å². The average molecular weight is 300 g/mol. The summed E-state index contributed by atoms with van der Waals surface area (Å²) in [6.45, 7) is 2.16. The minimum absolute atomic E-state index is 0.0454. The van der Waals surface area contributed by atoms with E-state index in [1.54, 1.807) is 4.90 Å². The summed E-state index contributed by atoms with van der Waals surface area (Å²) >= 11 is 5.72. The zero-order valence-corrected chi connectivity index (χ0v) is 11.7. The van der Waals surface area contributed by atoms with Gasteiger partial charge in [0, 0.05) is 18.5 Å². The molecule has 2 aliphatic rings. The fourth-order valence-electron chi connectivity index (χ4n) is 2.71. The molecule has 2 saturated heterocycles. The number of piperidine rings is 1. The topological polar surface area (TPSA) is 38.8 Å². The van der Waals surface area contributed by atoms with Crippen LogP contribution >= 0.6 is 11.6 Å². The first-order valence-corrected chi connectivity index (χ1v) is 7.00. The van der Waals surface area contributed by atoms with Crippen molar-refractivity contribution in [2.75, 3.05) is 26.3 Å². The number of ether oxygens (including phenoxy) is 2. The van der Waals surface area contributed by atoms with Gasteiger partial charge in [-0.25, -0.2) is 4.39 Å². The van der Waals surface area contributed by atoms with Gasteiger partial charge >= 0.3 is 0 Å². The van der Waals surface area contributed by atoms with E-state index in [9.17, 15) is 9.18 Å². The molecule has 0 unspecified atom stereocenters. The number of nitrogens with zero attached hydrogens (tertiary/aromatic N) is 1. The summed E-state index contributed by atoms with van der Waals surface area (Å²) in [5, 5.41) is -0.0454. The van der Waals surface area contributed by atoms with Gasteiger partial charge in [0.05, 0.1) is 24.8 Å². The van der Waals surface area contributed by atoms with Crippen LogP contribution in [0.1, 0.15) is 23.2 Å². The molecule has 0 aliphatic carbocycles. The highest BCUT2D eigenvalue weighted by Gasteiger charge is 2.42. The molecule has 1 spiro atoms. The van der Waals surface area contributed by atoms with Crippen molar-refractivity contribution in [2.45, 2.75) is 18.6 Å². The maximum atomic E-state index is 13.1. The Kier molecular flexibility index (Phi) is 3.67. The van der Waals surface area contributed by atoms with Crippen LogP contribution < -0.4 is 0 Å². The van der Waals surface area contributed by atoms with Crippen molar-refractivity contribution >= 4 is 17.5 Å². The second-order valence-electron chi connectivity index (χ2n) is 5.07. The molecule has 0 saturated carbocycles. The first-order chi connectivity index (χ1) is 9.60. The first-order valence-electron chi connectivity index (χ1n) is 6.62. The van der Waals surface area contributed by atoms with E-state index >= 15 is 0 Å². The zero-order valence-electron chi connectivity index (χ0n) is 10.9. The lowest BCUT2D eigenvalue weighted by Gasteiger charge is -2.38. The van der Waals surface area contributed by atoms with Crippen LogP contribution in [0.4, 0.5) is 4.39 Å². The van der Waals surface area contributed by atoms with Crippen LogP contribution in [-0.2, 0) is 9.47 Å². The number of hydrogen-bond acceptors (Lipinski definition) is 3. The molecule has 20 heavy (non-hydrogen) atoms. The summed E-state index contributed by atoms with van der Waals surface area (Å²) in [4.78, 5) is 14.1. The lowest BCUT2D eigenvalue weighted by Crippen LogP contribution is -2.51. The van der Waals surface area contributed by atoms with Gasteiger partial charge in [-0.1, -0.05) is 11.6 Å². The number of amides is 1. The predicted octanol–water partition coefficient (Wildman–Crippen LogP) is 2.46. The van der Waals surface area contributed by atoms with Crippen molar-refractivity contribution in [3.8, 4) is 0 Å². The SMILES string of the molecule is O=C(c1ccc(F)c(Cl)c1)N1CCCC2(C1)OCCO2. The van der Waals surface area contributed by atoms with Crippen molar-refractivity contribution < 1.29 is 18.7 Å². The molecule has 0 atom stereocenters. The Balaban J connectivity index is 1.77. The highest BCUT2D eigenvalue weighted by molar-refractivity contribution is 6.31. The molecule has 2 heterocycles. The molecule has 1 aromatic carbocycles. The molecule has 1 amide bonds. The number of halogens is 2. The van der Waals surface area contributed by atoms with Gasteiger partial charge in [0.2, 0.25) is 0 Å². The fraction of sp³-hybridized carbons (Fsp3) is 0.500. The fourth-order valence-corrected chi connectivity index (χ4v) is 2.89. The van der Waals surface area contributed by atoms with Gasteiger partial charge in [-0.3, -0.25) is 4.79 Å². The van der Waals surface area contributed by atoms with E-state index in [0.717, 1.165) is 12.8 Å². The molecule has 2 aliphatic heterocycles. The van der Waals surface area contributed by atoms with Gasteiger partial charge in [-0.15, -0.1) is 0 Å². The molecular weight excluding hydrogens is 285 g/mol. The van der Waals surface area contributed by atoms with Crippen LogP contribution in [0.3, 0.4) is 0 Å². The quantitative estimate of drug-likeness (QED) is 0.799. The van der Waals surface area contributed by atoms with Crippen molar-refractivity contribution in [2.24, 2.45) is 0 Å². The Hall–Kier alpha value is -1.17. The molecular formula is C14H15ClFNO3. The summed E-state index contributed by atoms with van der Waals surface area (Å²) in [5.41, 5.74) is 0.381. The first kappa shape index (κ1) is 13.8. The second-order valence-corrected chi connectivity index (χ2v) is 5.47. The Morgan fingerprint density at radius 3 is 2.80 bits per heavy atom. The summed E-state index contributed by atoms with van der Waals surface area (Å²) in [5.74, 6) is -1.36. The lowest BCUT2D eigenvalue weighted by molar-refractivity contribution is -0.183. The summed E-state index contributed by atoms with van der Waals surface area (Å²) in [6.07, 6.45) is 1.61. The molecule has 0 radical (unpaired) electrons. The van der Waals surface area contributed by atoms with Crippen molar-refractivity contribution in [3.63, 3.8) is 0 Å². The molecule has 108 valence electrons. The Morgan fingerprint density at radius 1 is 1.35 bits per heavy atom. The Labute approximate surface area is 121 Å². The minimum Gasteiger partial charge on any atom is -0.346 e. The van der Waals surface area contributed by atoms with Crippen LogP contribution in [0.5, 0.6) is 0 Å². The highest BCUT2D eigenvalue weighted by atomic mass is 35.5. The van der Waals surface area contributed by atoms with Crippen molar-refractivity contribution in [1.82, 2.24) is 4.90 Å². The lowest BCUT2D eigenvalue weighted by atomic mass is 10.0. The van der Waals surface area contributed by atoms with Gasteiger partial charge < -0.3 is 14.4 Å². The number of rotatable bonds is 1. The molecule has 4 nitrogen and oxygen atoms in total. The van der Waals surface area contributed by atoms with E-state index in [1.165, 1.54) is 18.2 Å². The maximum Gasteiger partial charge on any atom is 0.254 e. The van der Waals surface area contributed by atoms with Crippen LogP contribution in [0.25, 0.3) is 0 Å². The molecule has 0 N–H and O–H groups in total. The molecule has 0 bridgehead atoms.